The second-order valence-electron chi connectivity index (χ2n) is 4.99. The summed E-state index contributed by atoms with van der Waals surface area (Å²) in [6.07, 6.45) is 6.09. The van der Waals surface area contributed by atoms with E-state index in [4.69, 9.17) is 5.26 Å². The molecule has 0 aliphatic rings. The van der Waals surface area contributed by atoms with Crippen molar-refractivity contribution in [3.05, 3.63) is 72.1 Å². The average molecular weight is 279 g/mol. The fraction of sp³-hybridized carbons (Fsp3) is 0.211. The minimum atomic E-state index is 0.617. The number of nitrogens with zero attached hydrogens (tertiary/aromatic N) is 1. The maximum atomic E-state index is 11.8. The molecular formula is C19H18FN. The molecule has 106 valence electrons. The van der Waals surface area contributed by atoms with Crippen LogP contribution in [-0.2, 0) is 6.42 Å². The molecule has 0 saturated heterocycles. The summed E-state index contributed by atoms with van der Waals surface area (Å²) in [7, 11) is 0. The third kappa shape index (κ3) is 4.57. The molecule has 1 nitrogen and oxygen atoms in total. The van der Waals surface area contributed by atoms with Gasteiger partial charge in [-0.2, -0.15) is 5.26 Å². The van der Waals surface area contributed by atoms with Gasteiger partial charge >= 0.3 is 0 Å². The zero-order chi connectivity index (χ0) is 14.9. The molecule has 0 heterocycles. The molecule has 0 aliphatic heterocycles. The Bertz CT molecular complexity index is 618. The van der Waals surface area contributed by atoms with Crippen molar-refractivity contribution in [2.45, 2.75) is 25.7 Å². The van der Waals surface area contributed by atoms with Gasteiger partial charge in [0.15, 0.2) is 0 Å². The van der Waals surface area contributed by atoms with Gasteiger partial charge in [-0.05, 0) is 54.5 Å². The van der Waals surface area contributed by atoms with Crippen LogP contribution < -0.4 is 0 Å². The lowest BCUT2D eigenvalue weighted by atomic mass is 10.0. The quantitative estimate of drug-likeness (QED) is 0.647. The predicted octanol–water partition coefficient (Wildman–Crippen LogP) is 5.42. The zero-order valence-electron chi connectivity index (χ0n) is 11.9. The van der Waals surface area contributed by atoms with Gasteiger partial charge in [-0.25, -0.2) is 4.39 Å². The van der Waals surface area contributed by atoms with Crippen molar-refractivity contribution in [2.24, 2.45) is 0 Å². The highest BCUT2D eigenvalue weighted by Gasteiger charge is 1.99. The summed E-state index contributed by atoms with van der Waals surface area (Å²) in [4.78, 5) is 0. The minimum absolute atomic E-state index is 0.617. The van der Waals surface area contributed by atoms with E-state index < -0.39 is 0 Å². The summed E-state index contributed by atoms with van der Waals surface area (Å²) < 4.78 is 11.8. The van der Waals surface area contributed by atoms with Crippen LogP contribution in [0.15, 0.2) is 60.9 Å². The summed E-state index contributed by atoms with van der Waals surface area (Å²) in [5, 5.41) is 8.80. The second kappa shape index (κ2) is 8.01. The number of hydrogen-bond donors (Lipinski definition) is 0. The molecule has 2 aromatic carbocycles. The molecule has 21 heavy (non-hydrogen) atoms. The van der Waals surface area contributed by atoms with Crippen molar-refractivity contribution >= 4 is 0 Å². The lowest BCUT2D eigenvalue weighted by Gasteiger charge is -2.04. The van der Waals surface area contributed by atoms with Crippen LogP contribution in [0.3, 0.4) is 0 Å². The lowest BCUT2D eigenvalue weighted by Crippen LogP contribution is -1.86. The highest BCUT2D eigenvalue weighted by atomic mass is 19.1. The first-order valence-corrected chi connectivity index (χ1v) is 7.18. The summed E-state index contributed by atoms with van der Waals surface area (Å²) >= 11 is 0. The van der Waals surface area contributed by atoms with Crippen LogP contribution in [0.4, 0.5) is 4.39 Å². The first-order chi connectivity index (χ1) is 10.3. The third-order valence-corrected chi connectivity index (χ3v) is 3.48. The number of hydrogen-bond acceptors (Lipinski definition) is 1. The molecule has 0 fully saturated rings. The van der Waals surface area contributed by atoms with E-state index in [9.17, 15) is 4.39 Å². The number of aryl methyl sites for hydroxylation is 1. The molecule has 2 rings (SSSR count). The monoisotopic (exact) mass is 279 g/mol. The molecular weight excluding hydrogens is 261 g/mol. The maximum Gasteiger partial charge on any atom is 0.0991 e. The van der Waals surface area contributed by atoms with Crippen LogP contribution in [0.25, 0.3) is 11.1 Å². The van der Waals surface area contributed by atoms with Gasteiger partial charge in [0.1, 0.15) is 0 Å². The molecule has 0 atom stereocenters. The topological polar surface area (TPSA) is 23.8 Å². The smallest absolute Gasteiger partial charge is 0.0991 e. The number of allylic oxidation sites excluding steroid dienone is 1. The van der Waals surface area contributed by atoms with Gasteiger partial charge in [0, 0.05) is 0 Å². The van der Waals surface area contributed by atoms with Crippen molar-refractivity contribution < 1.29 is 4.39 Å². The van der Waals surface area contributed by atoms with Crippen molar-refractivity contribution in [2.75, 3.05) is 0 Å². The first kappa shape index (κ1) is 15.0. The Morgan fingerprint density at radius 1 is 0.905 bits per heavy atom. The van der Waals surface area contributed by atoms with Crippen molar-refractivity contribution in [3.63, 3.8) is 0 Å². The SMILES string of the molecule is N#Cc1ccc(-c2ccc(CCCCC=CF)cc2)cc1. The van der Waals surface area contributed by atoms with Gasteiger partial charge in [0.25, 0.3) is 0 Å². The molecule has 0 N–H and O–H groups in total. The largest absolute Gasteiger partial charge is 0.216 e. The number of halogens is 1. The number of benzene rings is 2. The van der Waals surface area contributed by atoms with Crippen LogP contribution in [0.2, 0.25) is 0 Å². The summed E-state index contributed by atoms with van der Waals surface area (Å²) in [6, 6.07) is 18.2. The van der Waals surface area contributed by atoms with Gasteiger partial charge < -0.3 is 0 Å². The Balaban J connectivity index is 1.93. The molecule has 2 aromatic rings. The number of unbranched alkanes of at least 4 members (excludes halogenated alkanes) is 2. The molecule has 0 radical (unpaired) electrons. The highest BCUT2D eigenvalue weighted by Crippen LogP contribution is 2.21. The first-order valence-electron chi connectivity index (χ1n) is 7.18. The van der Waals surface area contributed by atoms with Crippen LogP contribution in [-0.4, -0.2) is 0 Å². The van der Waals surface area contributed by atoms with Crippen molar-refractivity contribution in [1.82, 2.24) is 0 Å². The van der Waals surface area contributed by atoms with Gasteiger partial charge in [0.2, 0.25) is 0 Å². The normalized spacial score (nSPS) is 10.7. The van der Waals surface area contributed by atoms with Gasteiger partial charge in [-0.1, -0.05) is 42.5 Å². The maximum absolute atomic E-state index is 11.8. The average Bonchev–Trinajstić information content (AvgIpc) is 2.55. The van der Waals surface area contributed by atoms with Crippen molar-refractivity contribution in [1.29, 1.82) is 5.26 Å². The van der Waals surface area contributed by atoms with E-state index in [1.54, 1.807) is 6.08 Å². The third-order valence-electron chi connectivity index (χ3n) is 3.48. The van der Waals surface area contributed by atoms with E-state index in [1.165, 1.54) is 5.56 Å². The summed E-state index contributed by atoms with van der Waals surface area (Å²) in [5.74, 6) is 0. The molecule has 0 amide bonds. The van der Waals surface area contributed by atoms with Gasteiger partial charge in [-0.3, -0.25) is 0 Å². The van der Waals surface area contributed by atoms with E-state index in [-0.39, 0.29) is 0 Å². The molecule has 0 aliphatic carbocycles. The van der Waals surface area contributed by atoms with Gasteiger partial charge in [0.05, 0.1) is 18.0 Å². The Kier molecular flexibility index (Phi) is 5.72. The Morgan fingerprint density at radius 2 is 1.52 bits per heavy atom. The Morgan fingerprint density at radius 3 is 2.10 bits per heavy atom. The van der Waals surface area contributed by atoms with Crippen LogP contribution in [0.5, 0.6) is 0 Å². The Hall–Kier alpha value is -2.40. The predicted molar refractivity (Wildman–Crippen MR) is 84.4 cm³/mol. The fourth-order valence-electron chi connectivity index (χ4n) is 2.26. The molecule has 0 aromatic heterocycles. The van der Waals surface area contributed by atoms with Crippen LogP contribution in [0.1, 0.15) is 30.4 Å². The Labute approximate surface area is 125 Å². The molecule has 0 bridgehead atoms. The van der Waals surface area contributed by atoms with E-state index in [0.717, 1.165) is 36.8 Å². The van der Waals surface area contributed by atoms with Crippen LogP contribution in [0, 0.1) is 11.3 Å². The molecule has 0 unspecified atom stereocenters. The van der Waals surface area contributed by atoms with E-state index in [0.29, 0.717) is 11.9 Å². The minimum Gasteiger partial charge on any atom is -0.216 e. The van der Waals surface area contributed by atoms with Crippen LogP contribution >= 0.6 is 0 Å². The lowest BCUT2D eigenvalue weighted by molar-refractivity contribution is 0.697. The zero-order valence-corrected chi connectivity index (χ0v) is 11.9. The molecule has 0 saturated carbocycles. The molecule has 0 spiro atoms. The molecule has 2 heteroatoms. The second-order valence-corrected chi connectivity index (χ2v) is 4.99. The van der Waals surface area contributed by atoms with E-state index in [2.05, 4.69) is 30.3 Å². The van der Waals surface area contributed by atoms with E-state index >= 15 is 0 Å². The summed E-state index contributed by atoms with van der Waals surface area (Å²) in [5.41, 5.74) is 4.26. The van der Waals surface area contributed by atoms with Gasteiger partial charge in [-0.15, -0.1) is 0 Å². The highest BCUT2D eigenvalue weighted by molar-refractivity contribution is 5.64. The number of rotatable bonds is 6. The van der Waals surface area contributed by atoms with E-state index in [1.807, 2.05) is 24.3 Å². The summed E-state index contributed by atoms with van der Waals surface area (Å²) in [6.45, 7) is 0. The standard InChI is InChI=1S/C19H18FN/c20-14-4-2-1-3-5-16-6-10-18(11-7-16)19-12-8-17(15-21)9-13-19/h4,6-14H,1-3,5H2. The number of nitriles is 1. The fourth-order valence-corrected chi connectivity index (χ4v) is 2.26. The van der Waals surface area contributed by atoms with Crippen molar-refractivity contribution in [3.8, 4) is 17.2 Å².